The summed E-state index contributed by atoms with van der Waals surface area (Å²) in [7, 11) is -2.62. The van der Waals surface area contributed by atoms with Gasteiger partial charge in [-0.05, 0) is 46.3 Å². The number of sulfonamides is 1. The zero-order chi connectivity index (χ0) is 16.3. The molecule has 0 fully saturated rings. The molecule has 0 aromatic heterocycles. The van der Waals surface area contributed by atoms with Crippen molar-refractivity contribution in [2.45, 2.75) is 4.90 Å². The second kappa shape index (κ2) is 6.34. The van der Waals surface area contributed by atoms with Gasteiger partial charge in [0.1, 0.15) is 6.07 Å². The molecule has 0 heterocycles. The Bertz CT molecular complexity index is 863. The van der Waals surface area contributed by atoms with Gasteiger partial charge in [-0.2, -0.15) is 5.26 Å². The van der Waals surface area contributed by atoms with Crippen molar-refractivity contribution < 1.29 is 17.5 Å². The predicted molar refractivity (Wildman–Crippen MR) is 82.6 cm³/mol. The minimum atomic E-state index is -3.93. The standard InChI is InChI=1S/C14H10BrFN2O3S/c1-21-14-5-2-10(7-13(14)16)18-22(19,20)11-3-4-12(15)9(6-11)8-17/h2-7,18H,1H3. The monoisotopic (exact) mass is 384 g/mol. The van der Waals surface area contributed by atoms with Crippen LogP contribution in [-0.4, -0.2) is 15.5 Å². The first kappa shape index (κ1) is 16.3. The van der Waals surface area contributed by atoms with Crippen LogP contribution in [0.5, 0.6) is 5.75 Å². The topological polar surface area (TPSA) is 79.2 Å². The molecule has 2 aromatic carbocycles. The Morgan fingerprint density at radius 2 is 2.00 bits per heavy atom. The molecule has 1 N–H and O–H groups in total. The number of methoxy groups -OCH3 is 1. The maximum atomic E-state index is 13.6. The average Bonchev–Trinajstić information content (AvgIpc) is 2.47. The largest absolute Gasteiger partial charge is 0.494 e. The Morgan fingerprint density at radius 3 is 2.59 bits per heavy atom. The van der Waals surface area contributed by atoms with Crippen molar-refractivity contribution in [3.05, 3.63) is 52.3 Å². The molecule has 8 heteroatoms. The van der Waals surface area contributed by atoms with Gasteiger partial charge in [-0.25, -0.2) is 12.8 Å². The highest BCUT2D eigenvalue weighted by Crippen LogP contribution is 2.25. The first-order chi connectivity index (χ1) is 10.4. The predicted octanol–water partition coefficient (Wildman–Crippen LogP) is 3.27. The van der Waals surface area contributed by atoms with Crippen molar-refractivity contribution in [2.75, 3.05) is 11.8 Å². The number of nitriles is 1. The van der Waals surface area contributed by atoms with Crippen LogP contribution in [0, 0.1) is 17.1 Å². The molecule has 0 radical (unpaired) electrons. The molecule has 0 aliphatic rings. The number of rotatable bonds is 4. The summed E-state index contributed by atoms with van der Waals surface area (Å²) in [6, 6.07) is 9.62. The number of ether oxygens (including phenoxy) is 1. The molecule has 0 aliphatic heterocycles. The molecule has 0 saturated heterocycles. The van der Waals surface area contributed by atoms with Gasteiger partial charge in [0, 0.05) is 10.5 Å². The maximum Gasteiger partial charge on any atom is 0.261 e. The molecule has 0 amide bonds. The van der Waals surface area contributed by atoms with E-state index in [-0.39, 0.29) is 21.9 Å². The summed E-state index contributed by atoms with van der Waals surface area (Å²) in [6.07, 6.45) is 0. The fourth-order valence-electron chi connectivity index (χ4n) is 1.70. The zero-order valence-corrected chi connectivity index (χ0v) is 13.7. The Hall–Kier alpha value is -2.11. The smallest absolute Gasteiger partial charge is 0.261 e. The summed E-state index contributed by atoms with van der Waals surface area (Å²) in [5.41, 5.74) is 0.239. The number of hydrogen-bond acceptors (Lipinski definition) is 4. The van der Waals surface area contributed by atoms with E-state index in [2.05, 4.69) is 20.7 Å². The van der Waals surface area contributed by atoms with Crippen LogP contribution in [0.3, 0.4) is 0 Å². The first-order valence-corrected chi connectivity index (χ1v) is 8.21. The molecule has 2 rings (SSSR count). The van der Waals surface area contributed by atoms with Crippen LogP contribution >= 0.6 is 15.9 Å². The molecular formula is C14H10BrFN2O3S. The van der Waals surface area contributed by atoms with Crippen LogP contribution in [0.15, 0.2) is 45.8 Å². The van der Waals surface area contributed by atoms with E-state index in [0.717, 1.165) is 6.07 Å². The van der Waals surface area contributed by atoms with Crippen LogP contribution < -0.4 is 9.46 Å². The third kappa shape index (κ3) is 3.37. The second-order valence-corrected chi connectivity index (χ2v) is 6.75. The van der Waals surface area contributed by atoms with E-state index in [1.54, 1.807) is 0 Å². The van der Waals surface area contributed by atoms with E-state index in [9.17, 15) is 12.8 Å². The van der Waals surface area contributed by atoms with Crippen molar-refractivity contribution in [1.29, 1.82) is 5.26 Å². The molecular weight excluding hydrogens is 375 g/mol. The summed E-state index contributed by atoms with van der Waals surface area (Å²) in [5.74, 6) is -0.672. The molecule has 0 atom stereocenters. The molecule has 0 bridgehead atoms. The Balaban J connectivity index is 2.36. The van der Waals surface area contributed by atoms with E-state index >= 15 is 0 Å². The average molecular weight is 385 g/mol. The normalized spacial score (nSPS) is 10.8. The van der Waals surface area contributed by atoms with E-state index in [4.69, 9.17) is 10.00 Å². The van der Waals surface area contributed by atoms with Crippen LogP contribution in [0.2, 0.25) is 0 Å². The molecule has 0 saturated carbocycles. The zero-order valence-electron chi connectivity index (χ0n) is 11.3. The van der Waals surface area contributed by atoms with Crippen LogP contribution in [-0.2, 0) is 10.0 Å². The summed E-state index contributed by atoms with van der Waals surface area (Å²) >= 11 is 3.15. The molecule has 0 spiro atoms. The van der Waals surface area contributed by atoms with Crippen molar-refractivity contribution in [1.82, 2.24) is 0 Å². The van der Waals surface area contributed by atoms with Crippen LogP contribution in [0.1, 0.15) is 5.56 Å². The molecule has 114 valence electrons. The van der Waals surface area contributed by atoms with Crippen molar-refractivity contribution in [2.24, 2.45) is 0 Å². The summed E-state index contributed by atoms with van der Waals surface area (Å²) in [6.45, 7) is 0. The third-order valence-corrected chi connectivity index (χ3v) is 4.84. The van der Waals surface area contributed by atoms with Crippen LogP contribution in [0.25, 0.3) is 0 Å². The van der Waals surface area contributed by atoms with E-state index in [1.807, 2.05) is 6.07 Å². The molecule has 2 aromatic rings. The number of benzene rings is 2. The fourth-order valence-corrected chi connectivity index (χ4v) is 3.11. The fraction of sp³-hybridized carbons (Fsp3) is 0.0714. The molecule has 5 nitrogen and oxygen atoms in total. The number of nitrogens with one attached hydrogen (secondary N) is 1. The lowest BCUT2D eigenvalue weighted by molar-refractivity contribution is 0.386. The van der Waals surface area contributed by atoms with Crippen molar-refractivity contribution in [3.8, 4) is 11.8 Å². The van der Waals surface area contributed by atoms with E-state index in [1.165, 1.54) is 37.4 Å². The minimum absolute atomic E-state index is 0.0124. The number of halogens is 2. The van der Waals surface area contributed by atoms with Crippen molar-refractivity contribution >= 4 is 31.6 Å². The maximum absolute atomic E-state index is 13.6. The Labute approximate surface area is 135 Å². The summed E-state index contributed by atoms with van der Waals surface area (Å²) in [5, 5.41) is 8.93. The number of anilines is 1. The van der Waals surface area contributed by atoms with Gasteiger partial charge in [0.25, 0.3) is 10.0 Å². The number of nitrogens with zero attached hydrogens (tertiary/aromatic N) is 1. The SMILES string of the molecule is COc1ccc(NS(=O)(=O)c2ccc(Br)c(C#N)c2)cc1F. The Morgan fingerprint density at radius 1 is 1.27 bits per heavy atom. The highest BCUT2D eigenvalue weighted by molar-refractivity contribution is 9.10. The summed E-state index contributed by atoms with van der Waals surface area (Å²) in [4.78, 5) is -0.0940. The number of hydrogen-bond donors (Lipinski definition) is 1. The highest BCUT2D eigenvalue weighted by Gasteiger charge is 2.17. The Kier molecular flexibility index (Phi) is 4.68. The third-order valence-electron chi connectivity index (χ3n) is 2.77. The lowest BCUT2D eigenvalue weighted by Gasteiger charge is -2.10. The molecule has 0 unspecified atom stereocenters. The van der Waals surface area contributed by atoms with Gasteiger partial charge in [0.15, 0.2) is 11.6 Å². The van der Waals surface area contributed by atoms with E-state index < -0.39 is 15.8 Å². The van der Waals surface area contributed by atoms with Gasteiger partial charge >= 0.3 is 0 Å². The quantitative estimate of drug-likeness (QED) is 0.876. The van der Waals surface area contributed by atoms with Gasteiger partial charge in [0.05, 0.1) is 23.3 Å². The molecule has 22 heavy (non-hydrogen) atoms. The highest BCUT2D eigenvalue weighted by atomic mass is 79.9. The first-order valence-electron chi connectivity index (χ1n) is 5.93. The molecule has 0 aliphatic carbocycles. The van der Waals surface area contributed by atoms with Gasteiger partial charge < -0.3 is 4.74 Å². The van der Waals surface area contributed by atoms with Gasteiger partial charge in [-0.3, -0.25) is 4.72 Å². The van der Waals surface area contributed by atoms with Crippen molar-refractivity contribution in [3.63, 3.8) is 0 Å². The van der Waals surface area contributed by atoms with E-state index in [0.29, 0.717) is 4.47 Å². The summed E-state index contributed by atoms with van der Waals surface area (Å²) < 4.78 is 45.6. The second-order valence-electron chi connectivity index (χ2n) is 4.21. The minimum Gasteiger partial charge on any atom is -0.494 e. The lowest BCUT2D eigenvalue weighted by atomic mass is 10.2. The van der Waals surface area contributed by atoms with Gasteiger partial charge in [0.2, 0.25) is 0 Å². The van der Waals surface area contributed by atoms with Gasteiger partial charge in [-0.15, -0.1) is 0 Å². The van der Waals surface area contributed by atoms with Crippen LogP contribution in [0.4, 0.5) is 10.1 Å². The van der Waals surface area contributed by atoms with Gasteiger partial charge in [-0.1, -0.05) is 0 Å². The lowest BCUT2D eigenvalue weighted by Crippen LogP contribution is -2.13.